The van der Waals surface area contributed by atoms with Crippen molar-refractivity contribution in [1.29, 1.82) is 0 Å². The highest BCUT2D eigenvalue weighted by Gasteiger charge is 2.06. The van der Waals surface area contributed by atoms with Crippen molar-refractivity contribution in [3.63, 3.8) is 0 Å². The van der Waals surface area contributed by atoms with Crippen LogP contribution in [0.15, 0.2) is 18.2 Å². The minimum Gasteiger partial charge on any atom is -0.317 e. The summed E-state index contributed by atoms with van der Waals surface area (Å²) in [6.45, 7) is 11.3. The van der Waals surface area contributed by atoms with Crippen molar-refractivity contribution in [2.24, 2.45) is 5.92 Å². The van der Waals surface area contributed by atoms with Gasteiger partial charge in [0.05, 0.1) is 0 Å². The van der Waals surface area contributed by atoms with Gasteiger partial charge in [0.2, 0.25) is 0 Å². The van der Waals surface area contributed by atoms with E-state index in [1.165, 1.54) is 30.4 Å². The highest BCUT2D eigenvalue weighted by Crippen LogP contribution is 2.18. The van der Waals surface area contributed by atoms with E-state index in [9.17, 15) is 0 Å². The molecule has 108 valence electrons. The molecule has 0 aromatic heterocycles. The molecule has 1 rings (SSSR count). The average molecular weight is 261 g/mol. The van der Waals surface area contributed by atoms with E-state index in [2.05, 4.69) is 51.2 Å². The second kappa shape index (κ2) is 9.14. The molecule has 0 aliphatic heterocycles. The van der Waals surface area contributed by atoms with Crippen LogP contribution in [0.5, 0.6) is 0 Å². The molecule has 0 radical (unpaired) electrons. The van der Waals surface area contributed by atoms with Gasteiger partial charge in [-0.05, 0) is 67.8 Å². The molecule has 0 aliphatic rings. The molecule has 0 saturated heterocycles. The molecule has 19 heavy (non-hydrogen) atoms. The predicted molar refractivity (Wildman–Crippen MR) is 85.8 cm³/mol. The molecule has 0 spiro atoms. The van der Waals surface area contributed by atoms with Crippen LogP contribution in [0.2, 0.25) is 0 Å². The van der Waals surface area contributed by atoms with E-state index in [0.29, 0.717) is 0 Å². The number of hydrogen-bond acceptors (Lipinski definition) is 1. The fourth-order valence-corrected chi connectivity index (χ4v) is 2.55. The van der Waals surface area contributed by atoms with Gasteiger partial charge in [0.15, 0.2) is 0 Å². The number of aryl methyl sites for hydroxylation is 3. The van der Waals surface area contributed by atoms with Gasteiger partial charge in [0, 0.05) is 0 Å². The minimum absolute atomic E-state index is 0.814. The molecule has 0 amide bonds. The maximum Gasteiger partial charge on any atom is -0.00465 e. The Labute approximate surface area is 119 Å². The van der Waals surface area contributed by atoms with Crippen LogP contribution in [0.1, 0.15) is 57.2 Å². The molecular formula is C18H31N. The Hall–Kier alpha value is -0.820. The molecule has 1 unspecified atom stereocenters. The van der Waals surface area contributed by atoms with E-state index in [1.807, 2.05) is 0 Å². The summed E-state index contributed by atoms with van der Waals surface area (Å²) in [7, 11) is 0. The van der Waals surface area contributed by atoms with Crippen LogP contribution in [0.25, 0.3) is 0 Å². The van der Waals surface area contributed by atoms with E-state index >= 15 is 0 Å². The van der Waals surface area contributed by atoms with Crippen LogP contribution in [-0.2, 0) is 19.3 Å². The van der Waals surface area contributed by atoms with Crippen LogP contribution < -0.4 is 5.32 Å². The molecular weight excluding hydrogens is 230 g/mol. The van der Waals surface area contributed by atoms with Gasteiger partial charge in [0.25, 0.3) is 0 Å². The zero-order chi connectivity index (χ0) is 14.1. The fourth-order valence-electron chi connectivity index (χ4n) is 2.55. The van der Waals surface area contributed by atoms with Crippen LogP contribution in [-0.4, -0.2) is 13.1 Å². The van der Waals surface area contributed by atoms with Crippen LogP contribution in [0, 0.1) is 5.92 Å². The van der Waals surface area contributed by atoms with Gasteiger partial charge in [-0.2, -0.15) is 0 Å². The maximum atomic E-state index is 3.42. The maximum absolute atomic E-state index is 3.42. The Morgan fingerprint density at radius 2 is 1.79 bits per heavy atom. The van der Waals surface area contributed by atoms with Crippen molar-refractivity contribution < 1.29 is 0 Å². The summed E-state index contributed by atoms with van der Waals surface area (Å²) >= 11 is 0. The molecule has 0 fully saturated rings. The number of hydrogen-bond donors (Lipinski definition) is 1. The topological polar surface area (TPSA) is 12.0 Å². The number of benzene rings is 1. The Morgan fingerprint density at radius 3 is 2.42 bits per heavy atom. The van der Waals surface area contributed by atoms with Gasteiger partial charge in [-0.1, -0.05) is 45.9 Å². The first-order valence-corrected chi connectivity index (χ1v) is 8.02. The third kappa shape index (κ3) is 5.78. The van der Waals surface area contributed by atoms with Crippen molar-refractivity contribution in [2.45, 2.75) is 59.8 Å². The average Bonchev–Trinajstić information content (AvgIpc) is 2.45. The van der Waals surface area contributed by atoms with Crippen LogP contribution in [0.3, 0.4) is 0 Å². The lowest BCUT2D eigenvalue weighted by Gasteiger charge is -2.14. The third-order valence-corrected chi connectivity index (χ3v) is 4.03. The molecule has 1 heteroatoms. The van der Waals surface area contributed by atoms with E-state index in [0.717, 1.165) is 31.8 Å². The van der Waals surface area contributed by atoms with Crippen molar-refractivity contribution in [3.8, 4) is 0 Å². The summed E-state index contributed by atoms with van der Waals surface area (Å²) in [5, 5.41) is 3.42. The lowest BCUT2D eigenvalue weighted by atomic mass is 9.93. The van der Waals surface area contributed by atoms with Crippen molar-refractivity contribution >= 4 is 0 Å². The van der Waals surface area contributed by atoms with E-state index in [4.69, 9.17) is 0 Å². The Morgan fingerprint density at radius 1 is 1.00 bits per heavy atom. The van der Waals surface area contributed by atoms with Gasteiger partial charge in [-0.3, -0.25) is 0 Å². The highest BCUT2D eigenvalue weighted by atomic mass is 14.8. The van der Waals surface area contributed by atoms with Gasteiger partial charge in [-0.15, -0.1) is 0 Å². The molecule has 1 aromatic rings. The summed E-state index contributed by atoms with van der Waals surface area (Å²) < 4.78 is 0. The summed E-state index contributed by atoms with van der Waals surface area (Å²) in [4.78, 5) is 0. The van der Waals surface area contributed by atoms with Crippen LogP contribution in [0.4, 0.5) is 0 Å². The highest BCUT2D eigenvalue weighted by molar-refractivity contribution is 5.32. The molecule has 1 N–H and O–H groups in total. The molecule has 0 saturated carbocycles. The van der Waals surface area contributed by atoms with Gasteiger partial charge < -0.3 is 5.32 Å². The predicted octanol–water partition coefficient (Wildman–Crippen LogP) is 4.38. The SMILES string of the molecule is CCNCCC(C)CCc1cc(CC)ccc1CC. The van der Waals surface area contributed by atoms with Crippen molar-refractivity contribution in [2.75, 3.05) is 13.1 Å². The van der Waals surface area contributed by atoms with E-state index in [-0.39, 0.29) is 0 Å². The van der Waals surface area contributed by atoms with Crippen molar-refractivity contribution in [3.05, 3.63) is 34.9 Å². The standard InChI is InChI=1S/C18H31N/c1-5-16-9-11-17(6-2)18(14-16)10-8-15(4)12-13-19-7-3/h9,11,14-15,19H,5-8,10,12-13H2,1-4H3. The summed E-state index contributed by atoms with van der Waals surface area (Å²) in [6.07, 6.45) is 6.15. The fraction of sp³-hybridized carbons (Fsp3) is 0.667. The smallest absolute Gasteiger partial charge is 0.00465 e. The van der Waals surface area contributed by atoms with Gasteiger partial charge in [-0.25, -0.2) is 0 Å². The quantitative estimate of drug-likeness (QED) is 0.650. The van der Waals surface area contributed by atoms with Gasteiger partial charge in [0.1, 0.15) is 0 Å². The normalized spacial score (nSPS) is 12.6. The zero-order valence-electron chi connectivity index (χ0n) is 13.3. The Bertz CT molecular complexity index is 357. The Balaban J connectivity index is 2.51. The first-order chi connectivity index (χ1) is 9.21. The number of rotatable bonds is 9. The van der Waals surface area contributed by atoms with E-state index < -0.39 is 0 Å². The summed E-state index contributed by atoms with van der Waals surface area (Å²) in [6, 6.07) is 7.05. The second-order valence-corrected chi connectivity index (χ2v) is 5.60. The molecule has 1 aromatic carbocycles. The zero-order valence-corrected chi connectivity index (χ0v) is 13.3. The van der Waals surface area contributed by atoms with E-state index in [1.54, 1.807) is 5.56 Å². The van der Waals surface area contributed by atoms with Crippen molar-refractivity contribution in [1.82, 2.24) is 5.32 Å². The first-order valence-electron chi connectivity index (χ1n) is 8.02. The molecule has 0 bridgehead atoms. The third-order valence-electron chi connectivity index (χ3n) is 4.03. The summed E-state index contributed by atoms with van der Waals surface area (Å²) in [5.41, 5.74) is 4.60. The largest absolute Gasteiger partial charge is 0.317 e. The molecule has 1 atom stereocenters. The Kier molecular flexibility index (Phi) is 7.81. The lowest BCUT2D eigenvalue weighted by Crippen LogP contribution is -2.16. The monoisotopic (exact) mass is 261 g/mol. The summed E-state index contributed by atoms with van der Waals surface area (Å²) in [5.74, 6) is 0.814. The first kappa shape index (κ1) is 16.2. The van der Waals surface area contributed by atoms with Gasteiger partial charge >= 0.3 is 0 Å². The number of nitrogens with one attached hydrogen (secondary N) is 1. The molecule has 0 aliphatic carbocycles. The lowest BCUT2D eigenvalue weighted by molar-refractivity contribution is 0.473. The molecule has 1 nitrogen and oxygen atoms in total. The molecule has 0 heterocycles. The minimum atomic E-state index is 0.814. The van der Waals surface area contributed by atoms with Crippen LogP contribution >= 0.6 is 0 Å². The second-order valence-electron chi connectivity index (χ2n) is 5.60.